The molecule has 2 aromatic heterocycles. The van der Waals surface area contributed by atoms with Gasteiger partial charge in [-0.05, 0) is 43.3 Å². The average molecular weight is 361 g/mol. The van der Waals surface area contributed by atoms with Crippen LogP contribution in [0.3, 0.4) is 0 Å². The van der Waals surface area contributed by atoms with Crippen LogP contribution < -0.4 is 4.90 Å². The minimum atomic E-state index is 0.577. The molecule has 0 radical (unpaired) electrons. The minimum absolute atomic E-state index is 0.577. The van der Waals surface area contributed by atoms with Crippen molar-refractivity contribution in [2.45, 2.75) is 13.5 Å². The summed E-state index contributed by atoms with van der Waals surface area (Å²) in [5.74, 6) is 0.816. The van der Waals surface area contributed by atoms with Gasteiger partial charge < -0.3 is 18.9 Å². The molecule has 0 spiro atoms. The van der Waals surface area contributed by atoms with Crippen LogP contribution in [0.2, 0.25) is 0 Å². The van der Waals surface area contributed by atoms with Crippen LogP contribution in [0.5, 0.6) is 0 Å². The molecule has 2 aliphatic rings. The molecule has 1 aromatic carbocycles. The summed E-state index contributed by atoms with van der Waals surface area (Å²) in [6.45, 7) is 6.93. The highest BCUT2D eigenvalue weighted by molar-refractivity contribution is 5.80. The molecule has 0 bridgehead atoms. The SMILES string of the molecule is Cc1cn2cc(C3=Cc4ccc(N5CCN(C)CC5)cc4CO3)nc2cn1. The second kappa shape index (κ2) is 6.39. The number of ether oxygens (including phenoxy) is 1. The monoisotopic (exact) mass is 361 g/mol. The molecule has 0 N–H and O–H groups in total. The van der Waals surface area contributed by atoms with E-state index in [-0.39, 0.29) is 0 Å². The Morgan fingerprint density at radius 3 is 2.78 bits per heavy atom. The summed E-state index contributed by atoms with van der Waals surface area (Å²) in [6, 6.07) is 6.69. The molecule has 0 amide bonds. The molecule has 0 unspecified atom stereocenters. The summed E-state index contributed by atoms with van der Waals surface area (Å²) in [7, 11) is 2.18. The van der Waals surface area contributed by atoms with Crippen LogP contribution in [-0.2, 0) is 11.3 Å². The summed E-state index contributed by atoms with van der Waals surface area (Å²) in [4.78, 5) is 13.8. The predicted molar refractivity (Wildman–Crippen MR) is 107 cm³/mol. The average Bonchev–Trinajstić information content (AvgIpc) is 3.11. The van der Waals surface area contributed by atoms with E-state index >= 15 is 0 Å². The van der Waals surface area contributed by atoms with Crippen LogP contribution in [0.4, 0.5) is 5.69 Å². The molecular formula is C21H23N5O. The number of nitrogens with zero attached hydrogens (tertiary/aromatic N) is 5. The Kier molecular flexibility index (Phi) is 3.86. The van der Waals surface area contributed by atoms with Gasteiger partial charge in [0.2, 0.25) is 0 Å². The first-order valence-corrected chi connectivity index (χ1v) is 9.38. The van der Waals surface area contributed by atoms with Crippen molar-refractivity contribution >= 4 is 23.2 Å². The lowest BCUT2D eigenvalue weighted by molar-refractivity contribution is 0.261. The molecule has 4 heterocycles. The zero-order valence-corrected chi connectivity index (χ0v) is 15.7. The van der Waals surface area contributed by atoms with Crippen molar-refractivity contribution in [3.8, 4) is 0 Å². The van der Waals surface area contributed by atoms with E-state index in [0.29, 0.717) is 6.61 Å². The zero-order chi connectivity index (χ0) is 18.4. The third-order valence-electron chi connectivity index (χ3n) is 5.39. The summed E-state index contributed by atoms with van der Waals surface area (Å²) in [5.41, 5.74) is 6.37. The van der Waals surface area contributed by atoms with Gasteiger partial charge in [-0.3, -0.25) is 4.98 Å². The zero-order valence-electron chi connectivity index (χ0n) is 15.7. The van der Waals surface area contributed by atoms with Crippen molar-refractivity contribution in [1.82, 2.24) is 19.3 Å². The lowest BCUT2D eigenvalue weighted by Crippen LogP contribution is -2.44. The largest absolute Gasteiger partial charge is 0.487 e. The highest BCUT2D eigenvalue weighted by Crippen LogP contribution is 2.30. The van der Waals surface area contributed by atoms with Gasteiger partial charge in [-0.15, -0.1) is 0 Å². The van der Waals surface area contributed by atoms with E-state index in [1.54, 1.807) is 6.20 Å². The van der Waals surface area contributed by atoms with Gasteiger partial charge in [0.15, 0.2) is 5.65 Å². The lowest BCUT2D eigenvalue weighted by Gasteiger charge is -2.34. The smallest absolute Gasteiger partial charge is 0.156 e. The van der Waals surface area contributed by atoms with Crippen molar-refractivity contribution in [1.29, 1.82) is 0 Å². The Morgan fingerprint density at radius 1 is 1.07 bits per heavy atom. The molecule has 0 saturated carbocycles. The molecule has 2 aliphatic heterocycles. The van der Waals surface area contributed by atoms with E-state index in [9.17, 15) is 0 Å². The standard InChI is InChI=1S/C21H23N5O/c1-15-12-26-13-19(23-21(26)11-22-15)20-10-16-3-4-18(9-17(16)14-27-20)25-7-5-24(2)6-8-25/h3-4,9-13H,5-8,14H2,1-2H3. The van der Waals surface area contributed by atoms with Gasteiger partial charge >= 0.3 is 0 Å². The number of imidazole rings is 1. The van der Waals surface area contributed by atoms with Crippen LogP contribution in [-0.4, -0.2) is 52.5 Å². The number of hydrogen-bond donors (Lipinski definition) is 0. The molecular weight excluding hydrogens is 338 g/mol. The molecule has 6 heteroatoms. The number of hydrogen-bond acceptors (Lipinski definition) is 5. The predicted octanol–water partition coefficient (Wildman–Crippen LogP) is 2.82. The first kappa shape index (κ1) is 16.3. The van der Waals surface area contributed by atoms with Crippen LogP contribution in [0, 0.1) is 6.92 Å². The second-order valence-electron chi connectivity index (χ2n) is 7.39. The summed E-state index contributed by atoms with van der Waals surface area (Å²) >= 11 is 0. The van der Waals surface area contributed by atoms with Crippen LogP contribution in [0.1, 0.15) is 22.5 Å². The molecule has 0 aliphatic carbocycles. The maximum atomic E-state index is 6.05. The molecule has 1 fully saturated rings. The minimum Gasteiger partial charge on any atom is -0.487 e. The number of benzene rings is 1. The maximum absolute atomic E-state index is 6.05. The first-order chi connectivity index (χ1) is 13.2. The number of likely N-dealkylation sites (N-methyl/N-ethyl adjacent to an activating group) is 1. The van der Waals surface area contributed by atoms with Crippen LogP contribution in [0.25, 0.3) is 17.5 Å². The Balaban J connectivity index is 1.43. The van der Waals surface area contributed by atoms with Gasteiger partial charge in [0.05, 0.1) is 11.9 Å². The van der Waals surface area contributed by atoms with Crippen molar-refractivity contribution in [3.63, 3.8) is 0 Å². The van der Waals surface area contributed by atoms with E-state index in [1.807, 2.05) is 23.7 Å². The highest BCUT2D eigenvalue weighted by Gasteiger charge is 2.19. The molecule has 5 rings (SSSR count). The lowest BCUT2D eigenvalue weighted by atomic mass is 10.0. The topological polar surface area (TPSA) is 45.9 Å². The second-order valence-corrected chi connectivity index (χ2v) is 7.39. The molecule has 6 nitrogen and oxygen atoms in total. The van der Waals surface area contributed by atoms with Crippen LogP contribution in [0.15, 0.2) is 36.8 Å². The summed E-state index contributed by atoms with van der Waals surface area (Å²) in [6.07, 6.45) is 7.86. The molecule has 1 saturated heterocycles. The highest BCUT2D eigenvalue weighted by atomic mass is 16.5. The van der Waals surface area contributed by atoms with Gasteiger partial charge in [-0.2, -0.15) is 0 Å². The molecule has 138 valence electrons. The van der Waals surface area contributed by atoms with E-state index in [2.05, 4.69) is 51.1 Å². The third-order valence-corrected chi connectivity index (χ3v) is 5.39. The number of fused-ring (bicyclic) bond motifs is 2. The fourth-order valence-corrected chi connectivity index (χ4v) is 3.73. The first-order valence-electron chi connectivity index (χ1n) is 9.38. The van der Waals surface area contributed by atoms with Crippen molar-refractivity contribution in [2.24, 2.45) is 0 Å². The van der Waals surface area contributed by atoms with Gasteiger partial charge in [-0.1, -0.05) is 6.07 Å². The number of anilines is 1. The van der Waals surface area contributed by atoms with Crippen LogP contribution >= 0.6 is 0 Å². The normalized spacial score (nSPS) is 17.6. The number of aromatic nitrogens is 3. The van der Waals surface area contributed by atoms with Crippen molar-refractivity contribution < 1.29 is 4.74 Å². The molecule has 0 atom stereocenters. The van der Waals surface area contributed by atoms with Crippen molar-refractivity contribution in [2.75, 3.05) is 38.1 Å². The van der Waals surface area contributed by atoms with Gasteiger partial charge in [0.25, 0.3) is 0 Å². The van der Waals surface area contributed by atoms with E-state index in [4.69, 9.17) is 4.74 Å². The molecule has 27 heavy (non-hydrogen) atoms. The van der Waals surface area contributed by atoms with Crippen molar-refractivity contribution in [3.05, 3.63) is 59.3 Å². The fourth-order valence-electron chi connectivity index (χ4n) is 3.73. The Morgan fingerprint density at radius 2 is 1.93 bits per heavy atom. The van der Waals surface area contributed by atoms with Gasteiger partial charge in [0.1, 0.15) is 18.1 Å². The number of rotatable bonds is 2. The third kappa shape index (κ3) is 3.06. The Bertz CT molecular complexity index is 1030. The summed E-state index contributed by atoms with van der Waals surface area (Å²) in [5, 5.41) is 0. The summed E-state index contributed by atoms with van der Waals surface area (Å²) < 4.78 is 8.04. The number of aryl methyl sites for hydroxylation is 1. The Hall–Kier alpha value is -2.86. The number of piperazine rings is 1. The molecule has 3 aromatic rings. The van der Waals surface area contributed by atoms with Gasteiger partial charge in [-0.25, -0.2) is 4.98 Å². The quantitative estimate of drug-likeness (QED) is 0.702. The maximum Gasteiger partial charge on any atom is 0.156 e. The van der Waals surface area contributed by atoms with Gasteiger partial charge in [0, 0.05) is 44.3 Å². The van der Waals surface area contributed by atoms with E-state index in [0.717, 1.165) is 49.0 Å². The fraction of sp³-hybridized carbons (Fsp3) is 0.333. The Labute approximate surface area is 158 Å². The van der Waals surface area contributed by atoms with E-state index < -0.39 is 0 Å². The van der Waals surface area contributed by atoms with E-state index in [1.165, 1.54) is 16.8 Å².